The molecule has 0 aliphatic carbocycles. The summed E-state index contributed by atoms with van der Waals surface area (Å²) in [6.45, 7) is 5.64. The summed E-state index contributed by atoms with van der Waals surface area (Å²) < 4.78 is 15.7. The van der Waals surface area contributed by atoms with Crippen LogP contribution >= 0.6 is 0 Å². The van der Waals surface area contributed by atoms with Crippen molar-refractivity contribution in [2.24, 2.45) is 0 Å². The molecule has 6 heteroatoms. The number of unbranched alkanes of at least 4 members (excludes halogenated alkanes) is 7. The maximum absolute atomic E-state index is 12.1. The van der Waals surface area contributed by atoms with E-state index in [9.17, 15) is 14.4 Å². The van der Waals surface area contributed by atoms with Crippen LogP contribution in [0.5, 0.6) is 0 Å². The van der Waals surface area contributed by atoms with Crippen LogP contribution in [0.1, 0.15) is 104 Å². The molecule has 0 bridgehead atoms. The molecule has 0 N–H and O–H groups in total. The molecule has 0 saturated carbocycles. The van der Waals surface area contributed by atoms with E-state index in [0.29, 0.717) is 32.1 Å². The zero-order valence-electron chi connectivity index (χ0n) is 19.3. The molecule has 0 saturated heterocycles. The molecule has 0 heterocycles. The lowest BCUT2D eigenvalue weighted by atomic mass is 10.1. The number of carbonyl (C=O) groups is 3. The van der Waals surface area contributed by atoms with E-state index in [0.717, 1.165) is 25.7 Å². The number of allylic oxidation sites excluding steroid dienone is 2. The van der Waals surface area contributed by atoms with Gasteiger partial charge in [0.1, 0.15) is 13.2 Å². The van der Waals surface area contributed by atoms with Crippen LogP contribution in [0.2, 0.25) is 0 Å². The Labute approximate surface area is 182 Å². The molecule has 174 valence electrons. The maximum Gasteiger partial charge on any atom is 0.306 e. The van der Waals surface area contributed by atoms with Crippen molar-refractivity contribution in [3.05, 3.63) is 12.2 Å². The summed E-state index contributed by atoms with van der Waals surface area (Å²) in [5.74, 6) is -1.03. The first-order valence-corrected chi connectivity index (χ1v) is 11.6. The van der Waals surface area contributed by atoms with E-state index in [-0.39, 0.29) is 31.1 Å². The fourth-order valence-electron chi connectivity index (χ4n) is 2.87. The summed E-state index contributed by atoms with van der Waals surface area (Å²) in [6.07, 6.45) is 14.8. The molecule has 0 aromatic rings. The Hall–Kier alpha value is -1.85. The molecule has 0 radical (unpaired) electrons. The molecule has 0 aliphatic heterocycles. The smallest absolute Gasteiger partial charge is 0.306 e. The minimum Gasteiger partial charge on any atom is -0.462 e. The third-order valence-corrected chi connectivity index (χ3v) is 4.55. The topological polar surface area (TPSA) is 78.9 Å². The summed E-state index contributed by atoms with van der Waals surface area (Å²) >= 11 is 0. The van der Waals surface area contributed by atoms with Gasteiger partial charge in [0.15, 0.2) is 6.10 Å². The Bertz CT molecular complexity index is 464. The number of hydrogen-bond donors (Lipinski definition) is 0. The Morgan fingerprint density at radius 2 is 1.20 bits per heavy atom. The van der Waals surface area contributed by atoms with Gasteiger partial charge in [-0.15, -0.1) is 0 Å². The van der Waals surface area contributed by atoms with Crippen molar-refractivity contribution in [1.82, 2.24) is 0 Å². The van der Waals surface area contributed by atoms with Crippen LogP contribution in [-0.4, -0.2) is 37.2 Å². The first-order chi connectivity index (χ1) is 14.5. The molecule has 0 aromatic heterocycles. The van der Waals surface area contributed by atoms with Crippen LogP contribution in [0, 0.1) is 0 Å². The van der Waals surface area contributed by atoms with Crippen molar-refractivity contribution in [3.63, 3.8) is 0 Å². The highest BCUT2D eigenvalue weighted by molar-refractivity contribution is 5.71. The molecule has 0 amide bonds. The zero-order chi connectivity index (χ0) is 22.5. The summed E-state index contributed by atoms with van der Waals surface area (Å²) in [5, 5.41) is 0. The Kier molecular flexibility index (Phi) is 19.2. The molecular formula is C24H42O6. The average molecular weight is 427 g/mol. The van der Waals surface area contributed by atoms with Crippen LogP contribution in [0.4, 0.5) is 0 Å². The highest BCUT2D eigenvalue weighted by atomic mass is 16.6. The lowest BCUT2D eigenvalue weighted by molar-refractivity contribution is -0.166. The van der Waals surface area contributed by atoms with Gasteiger partial charge >= 0.3 is 17.9 Å². The standard InChI is InChI=1S/C24H42O6/c1-4-7-8-9-10-11-12-13-14-15-18-24(27)30-21(19-28-22(25)16-5-2)20-29-23(26)17-6-3/h4,7,21H,5-6,8-20H2,1-3H3/b7-4-. The van der Waals surface area contributed by atoms with Gasteiger partial charge in [0.2, 0.25) is 0 Å². The van der Waals surface area contributed by atoms with Crippen LogP contribution in [-0.2, 0) is 28.6 Å². The van der Waals surface area contributed by atoms with E-state index in [1.807, 2.05) is 20.8 Å². The molecule has 6 nitrogen and oxygen atoms in total. The van der Waals surface area contributed by atoms with Gasteiger partial charge in [-0.25, -0.2) is 0 Å². The van der Waals surface area contributed by atoms with Gasteiger partial charge in [-0.1, -0.05) is 58.1 Å². The van der Waals surface area contributed by atoms with Gasteiger partial charge in [-0.05, 0) is 39.0 Å². The van der Waals surface area contributed by atoms with Crippen molar-refractivity contribution in [1.29, 1.82) is 0 Å². The maximum atomic E-state index is 12.1. The summed E-state index contributed by atoms with van der Waals surface area (Å²) in [7, 11) is 0. The SMILES string of the molecule is C/C=C\CCCCCCCCCC(=O)OC(COC(=O)CCC)COC(=O)CCC. The number of rotatable bonds is 19. The number of carbonyl (C=O) groups excluding carboxylic acids is 3. The lowest BCUT2D eigenvalue weighted by Crippen LogP contribution is -2.30. The number of ether oxygens (including phenoxy) is 3. The molecular weight excluding hydrogens is 384 g/mol. The van der Waals surface area contributed by atoms with Gasteiger partial charge in [0, 0.05) is 19.3 Å². The van der Waals surface area contributed by atoms with Crippen molar-refractivity contribution >= 4 is 17.9 Å². The van der Waals surface area contributed by atoms with Gasteiger partial charge < -0.3 is 14.2 Å². The molecule has 0 atom stereocenters. The normalized spacial score (nSPS) is 11.1. The van der Waals surface area contributed by atoms with Gasteiger partial charge in [-0.3, -0.25) is 14.4 Å². The Balaban J connectivity index is 4.07. The predicted octanol–water partition coefficient (Wildman–Crippen LogP) is 5.67. The summed E-state index contributed by atoms with van der Waals surface area (Å²) in [4.78, 5) is 35.3. The van der Waals surface area contributed by atoms with Crippen molar-refractivity contribution in [3.8, 4) is 0 Å². The van der Waals surface area contributed by atoms with E-state index < -0.39 is 6.10 Å². The quantitative estimate of drug-likeness (QED) is 0.115. The number of hydrogen-bond acceptors (Lipinski definition) is 6. The average Bonchev–Trinajstić information content (AvgIpc) is 2.71. The van der Waals surface area contributed by atoms with Gasteiger partial charge in [0.05, 0.1) is 0 Å². The number of esters is 3. The largest absolute Gasteiger partial charge is 0.462 e. The lowest BCUT2D eigenvalue weighted by Gasteiger charge is -2.18. The first kappa shape index (κ1) is 28.1. The fraction of sp³-hybridized carbons (Fsp3) is 0.792. The predicted molar refractivity (Wildman–Crippen MR) is 118 cm³/mol. The Morgan fingerprint density at radius 1 is 0.700 bits per heavy atom. The van der Waals surface area contributed by atoms with Crippen LogP contribution in [0.3, 0.4) is 0 Å². The second-order valence-corrected chi connectivity index (χ2v) is 7.56. The van der Waals surface area contributed by atoms with E-state index in [1.165, 1.54) is 25.7 Å². The molecule has 0 aliphatic rings. The molecule has 0 rings (SSSR count). The third kappa shape index (κ3) is 18.2. The second kappa shape index (κ2) is 20.4. The molecule has 0 aromatic carbocycles. The highest BCUT2D eigenvalue weighted by Gasteiger charge is 2.19. The van der Waals surface area contributed by atoms with E-state index >= 15 is 0 Å². The monoisotopic (exact) mass is 426 g/mol. The van der Waals surface area contributed by atoms with E-state index in [4.69, 9.17) is 14.2 Å². The Morgan fingerprint density at radius 3 is 1.70 bits per heavy atom. The van der Waals surface area contributed by atoms with Crippen LogP contribution < -0.4 is 0 Å². The minimum absolute atomic E-state index is 0.0861. The molecule has 30 heavy (non-hydrogen) atoms. The summed E-state index contributed by atoms with van der Waals surface area (Å²) in [5.41, 5.74) is 0. The molecule has 0 fully saturated rings. The van der Waals surface area contributed by atoms with Crippen molar-refractivity contribution < 1.29 is 28.6 Å². The van der Waals surface area contributed by atoms with Crippen LogP contribution in [0.25, 0.3) is 0 Å². The zero-order valence-corrected chi connectivity index (χ0v) is 19.3. The van der Waals surface area contributed by atoms with E-state index in [1.54, 1.807) is 0 Å². The van der Waals surface area contributed by atoms with Crippen molar-refractivity contribution in [2.45, 2.75) is 110 Å². The first-order valence-electron chi connectivity index (χ1n) is 11.6. The third-order valence-electron chi connectivity index (χ3n) is 4.55. The summed E-state index contributed by atoms with van der Waals surface area (Å²) in [6, 6.07) is 0. The molecule has 0 unspecified atom stereocenters. The molecule has 0 spiro atoms. The van der Waals surface area contributed by atoms with Gasteiger partial charge in [0.25, 0.3) is 0 Å². The minimum atomic E-state index is -0.753. The van der Waals surface area contributed by atoms with Crippen LogP contribution in [0.15, 0.2) is 12.2 Å². The highest BCUT2D eigenvalue weighted by Crippen LogP contribution is 2.11. The van der Waals surface area contributed by atoms with Crippen molar-refractivity contribution in [2.75, 3.05) is 13.2 Å². The fourth-order valence-corrected chi connectivity index (χ4v) is 2.87. The van der Waals surface area contributed by atoms with E-state index in [2.05, 4.69) is 12.2 Å². The second-order valence-electron chi connectivity index (χ2n) is 7.56. The van der Waals surface area contributed by atoms with Gasteiger partial charge in [-0.2, -0.15) is 0 Å².